The third-order valence-corrected chi connectivity index (χ3v) is 4.85. The van der Waals surface area contributed by atoms with Crippen molar-refractivity contribution in [2.24, 2.45) is 0 Å². The Hall–Kier alpha value is -2.49. The summed E-state index contributed by atoms with van der Waals surface area (Å²) < 4.78 is 7.55. The molecule has 2 heterocycles. The molecule has 0 aliphatic rings. The number of hydrogen-bond acceptors (Lipinski definition) is 2. The first kappa shape index (κ1) is 16.0. The third-order valence-electron chi connectivity index (χ3n) is 4.02. The Balaban J connectivity index is 2.13. The molecule has 0 radical (unpaired) electrons. The standard InChI is InChI=1S/C20H14Cl2N2O/c1-2-12-25-20-15-11-7-6-10-14(15)19-17(22)16(21)18(24(19)23-20)13-8-4-3-5-9-13/h2-11H,1,12H2. The fraction of sp³-hybridized carbons (Fsp3) is 0.0500. The van der Waals surface area contributed by atoms with Gasteiger partial charge in [-0.1, -0.05) is 84.4 Å². The lowest BCUT2D eigenvalue weighted by molar-refractivity contribution is 0.348. The van der Waals surface area contributed by atoms with Gasteiger partial charge in [0.05, 0.1) is 21.3 Å². The lowest BCUT2D eigenvalue weighted by Crippen LogP contribution is -2.02. The van der Waals surface area contributed by atoms with Crippen LogP contribution in [0.5, 0.6) is 5.88 Å². The van der Waals surface area contributed by atoms with Gasteiger partial charge in [0.1, 0.15) is 6.61 Å². The second-order valence-electron chi connectivity index (χ2n) is 5.55. The second-order valence-corrected chi connectivity index (χ2v) is 6.31. The van der Waals surface area contributed by atoms with Crippen LogP contribution in [0.15, 0.2) is 67.3 Å². The van der Waals surface area contributed by atoms with Crippen molar-refractivity contribution >= 4 is 39.5 Å². The first-order chi connectivity index (χ1) is 12.2. The summed E-state index contributed by atoms with van der Waals surface area (Å²) in [5.41, 5.74) is 2.45. The lowest BCUT2D eigenvalue weighted by atomic mass is 10.1. The quantitative estimate of drug-likeness (QED) is 0.411. The van der Waals surface area contributed by atoms with Crippen LogP contribution in [0.2, 0.25) is 10.0 Å². The summed E-state index contributed by atoms with van der Waals surface area (Å²) in [5, 5.41) is 7.46. The van der Waals surface area contributed by atoms with Crippen molar-refractivity contribution in [3.8, 4) is 17.1 Å². The number of fused-ring (bicyclic) bond motifs is 3. The van der Waals surface area contributed by atoms with E-state index in [2.05, 4.69) is 11.7 Å². The monoisotopic (exact) mass is 368 g/mol. The summed E-state index contributed by atoms with van der Waals surface area (Å²) in [7, 11) is 0. The summed E-state index contributed by atoms with van der Waals surface area (Å²) in [6.07, 6.45) is 1.69. The number of benzene rings is 2. The molecule has 0 spiro atoms. The van der Waals surface area contributed by atoms with E-state index in [1.54, 1.807) is 10.6 Å². The maximum atomic E-state index is 6.58. The maximum Gasteiger partial charge on any atom is 0.240 e. The largest absolute Gasteiger partial charge is 0.472 e. The van der Waals surface area contributed by atoms with E-state index in [0.29, 0.717) is 22.5 Å². The van der Waals surface area contributed by atoms with Crippen molar-refractivity contribution in [1.29, 1.82) is 0 Å². The third kappa shape index (κ3) is 2.56. The molecule has 0 atom stereocenters. The molecule has 0 aliphatic heterocycles. The van der Waals surface area contributed by atoms with Gasteiger partial charge in [-0.3, -0.25) is 0 Å². The molecule has 0 amide bonds. The van der Waals surface area contributed by atoms with E-state index in [9.17, 15) is 0 Å². The molecule has 3 nitrogen and oxygen atoms in total. The minimum Gasteiger partial charge on any atom is -0.472 e. The molecule has 4 rings (SSSR count). The van der Waals surface area contributed by atoms with Crippen molar-refractivity contribution in [1.82, 2.24) is 9.61 Å². The highest BCUT2D eigenvalue weighted by atomic mass is 35.5. The van der Waals surface area contributed by atoms with E-state index in [1.807, 2.05) is 54.6 Å². The zero-order valence-corrected chi connectivity index (χ0v) is 14.8. The Bertz CT molecular complexity index is 1090. The SMILES string of the molecule is C=CCOc1nn2c(-c3ccccc3)c(Cl)c(Cl)c2c2ccccc12. The first-order valence-corrected chi connectivity index (χ1v) is 8.55. The van der Waals surface area contributed by atoms with Crippen LogP contribution in [0, 0.1) is 0 Å². The van der Waals surface area contributed by atoms with Gasteiger partial charge in [-0.25, -0.2) is 4.52 Å². The fourth-order valence-corrected chi connectivity index (χ4v) is 3.50. The van der Waals surface area contributed by atoms with Crippen molar-refractivity contribution < 1.29 is 4.74 Å². The zero-order valence-electron chi connectivity index (χ0n) is 13.2. The van der Waals surface area contributed by atoms with Crippen molar-refractivity contribution in [2.75, 3.05) is 6.61 Å². The highest BCUT2D eigenvalue weighted by Gasteiger charge is 2.21. The summed E-state index contributed by atoms with van der Waals surface area (Å²) >= 11 is 13.2. The van der Waals surface area contributed by atoms with Gasteiger partial charge < -0.3 is 4.74 Å². The van der Waals surface area contributed by atoms with Gasteiger partial charge in [-0.05, 0) is 6.07 Å². The van der Waals surface area contributed by atoms with Crippen LogP contribution >= 0.6 is 23.2 Å². The Morgan fingerprint density at radius 1 is 0.960 bits per heavy atom. The number of ether oxygens (including phenoxy) is 1. The Labute approximate surface area is 155 Å². The molecule has 0 saturated carbocycles. The van der Waals surface area contributed by atoms with Crippen LogP contribution < -0.4 is 4.74 Å². The molecule has 124 valence electrons. The topological polar surface area (TPSA) is 26.5 Å². The number of nitrogens with zero attached hydrogens (tertiary/aromatic N) is 2. The summed E-state index contributed by atoms with van der Waals surface area (Å²) in [6, 6.07) is 17.7. The van der Waals surface area contributed by atoms with Gasteiger partial charge in [-0.15, -0.1) is 5.10 Å². The molecular formula is C20H14Cl2N2O. The van der Waals surface area contributed by atoms with E-state index in [1.165, 1.54) is 0 Å². The van der Waals surface area contributed by atoms with Crippen LogP contribution in [-0.2, 0) is 0 Å². The second kappa shape index (κ2) is 6.43. The lowest BCUT2D eigenvalue weighted by Gasteiger charge is -2.10. The first-order valence-electron chi connectivity index (χ1n) is 7.80. The van der Waals surface area contributed by atoms with Crippen LogP contribution in [0.25, 0.3) is 27.5 Å². The van der Waals surface area contributed by atoms with Crippen molar-refractivity contribution in [2.45, 2.75) is 0 Å². The molecule has 0 N–H and O–H groups in total. The van der Waals surface area contributed by atoms with Gasteiger partial charge in [0.15, 0.2) is 0 Å². The van der Waals surface area contributed by atoms with E-state index >= 15 is 0 Å². The minimum absolute atomic E-state index is 0.367. The van der Waals surface area contributed by atoms with Crippen molar-refractivity contribution in [3.63, 3.8) is 0 Å². The van der Waals surface area contributed by atoms with Crippen molar-refractivity contribution in [3.05, 3.63) is 77.3 Å². The van der Waals surface area contributed by atoms with Crippen LogP contribution in [0.3, 0.4) is 0 Å². The van der Waals surface area contributed by atoms with Crippen LogP contribution in [-0.4, -0.2) is 16.2 Å². The predicted molar refractivity (Wildman–Crippen MR) is 104 cm³/mol. The molecule has 0 saturated heterocycles. The van der Waals surface area contributed by atoms with Gasteiger partial charge in [0.25, 0.3) is 0 Å². The average Bonchev–Trinajstić information content (AvgIpc) is 2.91. The van der Waals surface area contributed by atoms with Gasteiger partial charge in [0.2, 0.25) is 5.88 Å². The molecule has 0 aliphatic carbocycles. The molecule has 0 unspecified atom stereocenters. The molecule has 5 heteroatoms. The smallest absolute Gasteiger partial charge is 0.240 e. The van der Waals surface area contributed by atoms with Crippen LogP contribution in [0.1, 0.15) is 0 Å². The highest BCUT2D eigenvalue weighted by Crippen LogP contribution is 2.42. The number of halogens is 2. The number of aromatic nitrogens is 2. The predicted octanol–water partition coefficient (Wildman–Crippen LogP) is 6.03. The van der Waals surface area contributed by atoms with E-state index in [4.69, 9.17) is 27.9 Å². The van der Waals surface area contributed by atoms with Gasteiger partial charge in [-0.2, -0.15) is 0 Å². The van der Waals surface area contributed by atoms with Gasteiger partial charge in [0, 0.05) is 16.3 Å². The molecular weight excluding hydrogens is 355 g/mol. The molecule has 0 fully saturated rings. The fourth-order valence-electron chi connectivity index (χ4n) is 2.95. The minimum atomic E-state index is 0.367. The van der Waals surface area contributed by atoms with E-state index in [-0.39, 0.29) is 0 Å². The Morgan fingerprint density at radius 2 is 1.64 bits per heavy atom. The van der Waals surface area contributed by atoms with E-state index in [0.717, 1.165) is 27.5 Å². The van der Waals surface area contributed by atoms with Crippen LogP contribution in [0.4, 0.5) is 0 Å². The summed E-state index contributed by atoms with van der Waals surface area (Å²) in [4.78, 5) is 0. The van der Waals surface area contributed by atoms with E-state index < -0.39 is 0 Å². The zero-order chi connectivity index (χ0) is 17.4. The number of hydrogen-bond donors (Lipinski definition) is 0. The molecule has 2 aromatic heterocycles. The van der Waals surface area contributed by atoms with Gasteiger partial charge >= 0.3 is 0 Å². The molecule has 2 aromatic carbocycles. The molecule has 25 heavy (non-hydrogen) atoms. The number of rotatable bonds is 4. The average molecular weight is 369 g/mol. The normalized spacial score (nSPS) is 11.1. The highest BCUT2D eigenvalue weighted by molar-refractivity contribution is 6.47. The Kier molecular flexibility index (Phi) is 4.12. The molecule has 0 bridgehead atoms. The maximum absolute atomic E-state index is 6.58. The summed E-state index contributed by atoms with van der Waals surface area (Å²) in [6.45, 7) is 4.07. The summed E-state index contributed by atoms with van der Waals surface area (Å²) in [5.74, 6) is 0.517. The molecule has 4 aromatic rings. The Morgan fingerprint density at radius 3 is 2.36 bits per heavy atom.